The van der Waals surface area contributed by atoms with Gasteiger partial charge >= 0.3 is 0 Å². The SMILES string of the molecule is COc1ccc(F)cc1NC(=O)C(Cc1ccccc1)NC(=O)c1ccccc1C. The van der Waals surface area contributed by atoms with Gasteiger partial charge in [-0.25, -0.2) is 4.39 Å². The molecule has 2 N–H and O–H groups in total. The lowest BCUT2D eigenvalue weighted by atomic mass is 10.0. The van der Waals surface area contributed by atoms with Crippen LogP contribution < -0.4 is 15.4 Å². The fourth-order valence-electron chi connectivity index (χ4n) is 3.12. The van der Waals surface area contributed by atoms with Crippen molar-refractivity contribution < 1.29 is 18.7 Å². The van der Waals surface area contributed by atoms with Gasteiger partial charge in [-0.2, -0.15) is 0 Å². The number of amides is 2. The van der Waals surface area contributed by atoms with Gasteiger partial charge in [0, 0.05) is 18.1 Å². The summed E-state index contributed by atoms with van der Waals surface area (Å²) in [4.78, 5) is 25.9. The largest absolute Gasteiger partial charge is 0.495 e. The van der Waals surface area contributed by atoms with Crippen molar-refractivity contribution in [2.45, 2.75) is 19.4 Å². The molecule has 154 valence electrons. The number of rotatable bonds is 7. The number of anilines is 1. The number of methoxy groups -OCH3 is 1. The summed E-state index contributed by atoms with van der Waals surface area (Å²) in [5.41, 5.74) is 2.38. The van der Waals surface area contributed by atoms with E-state index in [1.165, 1.54) is 25.3 Å². The van der Waals surface area contributed by atoms with Crippen LogP contribution in [0.5, 0.6) is 5.75 Å². The lowest BCUT2D eigenvalue weighted by Crippen LogP contribution is -2.45. The van der Waals surface area contributed by atoms with E-state index in [0.717, 1.165) is 11.1 Å². The van der Waals surface area contributed by atoms with Crippen LogP contribution in [0.4, 0.5) is 10.1 Å². The molecule has 0 heterocycles. The molecular weight excluding hydrogens is 383 g/mol. The van der Waals surface area contributed by atoms with Gasteiger partial charge < -0.3 is 15.4 Å². The molecular formula is C24H23FN2O3. The molecule has 30 heavy (non-hydrogen) atoms. The number of carbonyl (C=O) groups is 2. The second-order valence-corrected chi connectivity index (χ2v) is 6.86. The minimum absolute atomic E-state index is 0.200. The minimum atomic E-state index is -0.868. The first-order valence-electron chi connectivity index (χ1n) is 9.52. The van der Waals surface area contributed by atoms with Crippen LogP contribution in [0.15, 0.2) is 72.8 Å². The van der Waals surface area contributed by atoms with Crippen LogP contribution in [0.1, 0.15) is 21.5 Å². The number of aryl methyl sites for hydroxylation is 1. The highest BCUT2D eigenvalue weighted by molar-refractivity contribution is 6.02. The van der Waals surface area contributed by atoms with Crippen LogP contribution in [0.3, 0.4) is 0 Å². The molecule has 3 rings (SSSR count). The highest BCUT2D eigenvalue weighted by atomic mass is 19.1. The first-order chi connectivity index (χ1) is 14.5. The standard InChI is InChI=1S/C24H23FN2O3/c1-16-8-6-7-11-19(16)23(28)27-21(14-17-9-4-3-5-10-17)24(29)26-20-15-18(25)12-13-22(20)30-2/h3-13,15,21H,14H2,1-2H3,(H,26,29)(H,27,28). The zero-order chi connectivity index (χ0) is 21.5. The van der Waals surface area contributed by atoms with E-state index in [1.807, 2.05) is 49.4 Å². The molecule has 0 spiro atoms. The molecule has 1 unspecified atom stereocenters. The Balaban J connectivity index is 1.85. The maximum Gasteiger partial charge on any atom is 0.252 e. The van der Waals surface area contributed by atoms with E-state index in [1.54, 1.807) is 12.1 Å². The molecule has 6 heteroatoms. The Morgan fingerprint density at radius 1 is 1.00 bits per heavy atom. The van der Waals surface area contributed by atoms with E-state index < -0.39 is 17.8 Å². The summed E-state index contributed by atoms with van der Waals surface area (Å²) in [6.45, 7) is 1.83. The molecule has 0 aliphatic heterocycles. The lowest BCUT2D eigenvalue weighted by Gasteiger charge is -2.20. The Morgan fingerprint density at radius 3 is 2.40 bits per heavy atom. The Bertz CT molecular complexity index is 1040. The summed E-state index contributed by atoms with van der Waals surface area (Å²) >= 11 is 0. The van der Waals surface area contributed by atoms with Crippen LogP contribution in [-0.4, -0.2) is 25.0 Å². The van der Waals surface area contributed by atoms with Crippen molar-refractivity contribution >= 4 is 17.5 Å². The Kier molecular flexibility index (Phi) is 6.80. The highest BCUT2D eigenvalue weighted by Gasteiger charge is 2.24. The lowest BCUT2D eigenvalue weighted by molar-refractivity contribution is -0.118. The Labute approximate surface area is 174 Å². The van der Waals surface area contributed by atoms with Crippen molar-refractivity contribution in [3.63, 3.8) is 0 Å². The average molecular weight is 406 g/mol. The number of benzene rings is 3. The van der Waals surface area contributed by atoms with Crippen molar-refractivity contribution in [3.05, 3.63) is 95.3 Å². The summed E-state index contributed by atoms with van der Waals surface area (Å²) in [6, 6.07) is 19.5. The van der Waals surface area contributed by atoms with Gasteiger partial charge in [-0.1, -0.05) is 48.5 Å². The van der Waals surface area contributed by atoms with Crippen LogP contribution >= 0.6 is 0 Å². The third-order valence-electron chi connectivity index (χ3n) is 4.71. The molecule has 1 atom stereocenters. The summed E-state index contributed by atoms with van der Waals surface area (Å²) in [5, 5.41) is 5.48. The number of halogens is 1. The second-order valence-electron chi connectivity index (χ2n) is 6.86. The van der Waals surface area contributed by atoms with E-state index in [0.29, 0.717) is 11.3 Å². The van der Waals surface area contributed by atoms with Crippen molar-refractivity contribution in [2.75, 3.05) is 12.4 Å². The molecule has 0 saturated carbocycles. The van der Waals surface area contributed by atoms with Gasteiger partial charge in [-0.3, -0.25) is 9.59 Å². The van der Waals surface area contributed by atoms with E-state index in [-0.39, 0.29) is 18.0 Å². The van der Waals surface area contributed by atoms with Crippen LogP contribution in [-0.2, 0) is 11.2 Å². The monoisotopic (exact) mass is 406 g/mol. The van der Waals surface area contributed by atoms with Crippen LogP contribution in [0.25, 0.3) is 0 Å². The van der Waals surface area contributed by atoms with Gasteiger partial charge in [0.15, 0.2) is 0 Å². The molecule has 0 fully saturated rings. The average Bonchev–Trinajstić information content (AvgIpc) is 2.74. The smallest absolute Gasteiger partial charge is 0.252 e. The molecule has 2 amide bonds. The van der Waals surface area contributed by atoms with Gasteiger partial charge in [0.05, 0.1) is 12.8 Å². The zero-order valence-electron chi connectivity index (χ0n) is 16.8. The summed E-state index contributed by atoms with van der Waals surface area (Å²) in [5.74, 6) is -0.997. The third-order valence-corrected chi connectivity index (χ3v) is 4.71. The summed E-state index contributed by atoms with van der Waals surface area (Å²) in [7, 11) is 1.43. The van der Waals surface area contributed by atoms with Crippen LogP contribution in [0.2, 0.25) is 0 Å². The highest BCUT2D eigenvalue weighted by Crippen LogP contribution is 2.25. The quantitative estimate of drug-likeness (QED) is 0.620. The molecule has 0 radical (unpaired) electrons. The fourth-order valence-corrected chi connectivity index (χ4v) is 3.12. The van der Waals surface area contributed by atoms with Gasteiger partial charge in [0.2, 0.25) is 5.91 Å². The van der Waals surface area contributed by atoms with E-state index in [9.17, 15) is 14.0 Å². The van der Waals surface area contributed by atoms with Gasteiger partial charge in [0.1, 0.15) is 17.6 Å². The van der Waals surface area contributed by atoms with E-state index in [4.69, 9.17) is 4.74 Å². The third kappa shape index (κ3) is 5.23. The molecule has 0 aliphatic rings. The molecule has 0 aliphatic carbocycles. The van der Waals surface area contributed by atoms with Crippen molar-refractivity contribution in [2.24, 2.45) is 0 Å². The molecule has 0 bridgehead atoms. The number of carbonyl (C=O) groups excluding carboxylic acids is 2. The number of hydrogen-bond donors (Lipinski definition) is 2. The van der Waals surface area contributed by atoms with Crippen molar-refractivity contribution in [1.82, 2.24) is 5.32 Å². The predicted octanol–water partition coefficient (Wildman–Crippen LogP) is 4.12. The summed E-state index contributed by atoms with van der Waals surface area (Å²) in [6.07, 6.45) is 0.280. The summed E-state index contributed by atoms with van der Waals surface area (Å²) < 4.78 is 18.9. The van der Waals surface area contributed by atoms with Gasteiger partial charge in [-0.05, 0) is 36.2 Å². The zero-order valence-corrected chi connectivity index (χ0v) is 16.8. The van der Waals surface area contributed by atoms with Crippen molar-refractivity contribution in [3.8, 4) is 5.75 Å². The fraction of sp³-hybridized carbons (Fsp3) is 0.167. The first kappa shape index (κ1) is 21.0. The molecule has 3 aromatic rings. The Hall–Kier alpha value is -3.67. The van der Waals surface area contributed by atoms with Gasteiger partial charge in [-0.15, -0.1) is 0 Å². The van der Waals surface area contributed by atoms with Gasteiger partial charge in [0.25, 0.3) is 5.91 Å². The minimum Gasteiger partial charge on any atom is -0.495 e. The number of nitrogens with one attached hydrogen (secondary N) is 2. The van der Waals surface area contributed by atoms with E-state index >= 15 is 0 Å². The maximum atomic E-state index is 13.7. The Morgan fingerprint density at radius 2 is 1.70 bits per heavy atom. The maximum absolute atomic E-state index is 13.7. The molecule has 3 aromatic carbocycles. The topological polar surface area (TPSA) is 67.4 Å². The normalized spacial score (nSPS) is 11.4. The van der Waals surface area contributed by atoms with Crippen molar-refractivity contribution in [1.29, 1.82) is 0 Å². The molecule has 0 aromatic heterocycles. The van der Waals surface area contributed by atoms with Crippen LogP contribution in [0, 0.1) is 12.7 Å². The van der Waals surface area contributed by atoms with E-state index in [2.05, 4.69) is 10.6 Å². The molecule has 5 nitrogen and oxygen atoms in total. The second kappa shape index (κ2) is 9.69. The first-order valence-corrected chi connectivity index (χ1v) is 9.52. The number of ether oxygens (including phenoxy) is 1. The number of hydrogen-bond acceptors (Lipinski definition) is 3. The predicted molar refractivity (Wildman–Crippen MR) is 114 cm³/mol. The molecule has 0 saturated heterocycles.